The van der Waals surface area contributed by atoms with Gasteiger partial charge < -0.3 is 0 Å². The molecule has 1 N–H and O–H groups in total. The van der Waals surface area contributed by atoms with Crippen molar-refractivity contribution in [2.45, 2.75) is 13.8 Å². The average Bonchev–Trinajstić information content (AvgIpc) is 2.01. The summed E-state index contributed by atoms with van der Waals surface area (Å²) >= 11 is 5.77. The molecule has 0 aliphatic rings. The number of nitrogens with zero attached hydrogens (tertiary/aromatic N) is 1. The van der Waals surface area contributed by atoms with E-state index in [0.29, 0.717) is 5.02 Å². The fraction of sp³-hybridized carbons (Fsp3) is 0.222. The molecule has 0 radical (unpaired) electrons. The molecule has 0 aromatic heterocycles. The van der Waals surface area contributed by atoms with E-state index in [2.05, 4.69) is 10.5 Å². The van der Waals surface area contributed by atoms with E-state index in [9.17, 15) is 0 Å². The summed E-state index contributed by atoms with van der Waals surface area (Å²) < 4.78 is 0. The van der Waals surface area contributed by atoms with Gasteiger partial charge in [-0.3, -0.25) is 5.43 Å². The maximum atomic E-state index is 5.77. The summed E-state index contributed by atoms with van der Waals surface area (Å²) in [6, 6.07) is 7.45. The number of rotatable bonds is 2. The molecule has 0 amide bonds. The van der Waals surface area contributed by atoms with E-state index < -0.39 is 0 Å². The van der Waals surface area contributed by atoms with Crippen molar-refractivity contribution in [3.05, 3.63) is 29.3 Å². The van der Waals surface area contributed by atoms with Crippen LogP contribution in [0.2, 0.25) is 5.02 Å². The van der Waals surface area contributed by atoms with E-state index >= 15 is 0 Å². The number of halogens is 1. The molecule has 2 nitrogen and oxygen atoms in total. The molecule has 1 aromatic rings. The number of benzene rings is 1. The minimum absolute atomic E-state index is 0.712. The van der Waals surface area contributed by atoms with Crippen molar-refractivity contribution in [1.29, 1.82) is 0 Å². The van der Waals surface area contributed by atoms with Crippen LogP contribution in [0, 0.1) is 0 Å². The number of hydrogen-bond donors (Lipinski definition) is 1. The molecule has 0 atom stereocenters. The van der Waals surface area contributed by atoms with Crippen molar-refractivity contribution in [3.8, 4) is 0 Å². The second-order valence-corrected chi connectivity index (χ2v) is 3.12. The number of hydrazone groups is 1. The molecule has 0 aliphatic carbocycles. The van der Waals surface area contributed by atoms with Gasteiger partial charge in [-0.05, 0) is 32.0 Å². The van der Waals surface area contributed by atoms with Crippen LogP contribution in [-0.4, -0.2) is 5.71 Å². The summed E-state index contributed by atoms with van der Waals surface area (Å²) in [5, 5.41) is 4.76. The Morgan fingerprint density at radius 1 is 1.42 bits per heavy atom. The van der Waals surface area contributed by atoms with Gasteiger partial charge in [-0.15, -0.1) is 0 Å². The molecule has 0 spiro atoms. The highest BCUT2D eigenvalue weighted by Crippen LogP contribution is 2.14. The first kappa shape index (κ1) is 9.07. The molecule has 0 unspecified atom stereocenters. The lowest BCUT2D eigenvalue weighted by Crippen LogP contribution is -1.92. The van der Waals surface area contributed by atoms with Crippen LogP contribution < -0.4 is 5.43 Å². The Balaban J connectivity index is 2.70. The highest BCUT2D eigenvalue weighted by Gasteiger charge is 1.89. The number of anilines is 1. The van der Waals surface area contributed by atoms with Crippen LogP contribution in [0.5, 0.6) is 0 Å². The third kappa shape index (κ3) is 2.93. The fourth-order valence-electron chi connectivity index (χ4n) is 0.734. The molecular formula is C9H11ClN2. The first-order valence-corrected chi connectivity index (χ1v) is 4.09. The Kier molecular flexibility index (Phi) is 3.11. The maximum absolute atomic E-state index is 5.77. The van der Waals surface area contributed by atoms with Gasteiger partial charge in [0, 0.05) is 10.7 Å². The van der Waals surface area contributed by atoms with Crippen molar-refractivity contribution in [2.75, 3.05) is 5.43 Å². The van der Waals surface area contributed by atoms with Crippen LogP contribution in [0.4, 0.5) is 5.69 Å². The predicted molar refractivity (Wildman–Crippen MR) is 53.9 cm³/mol. The summed E-state index contributed by atoms with van der Waals surface area (Å²) in [4.78, 5) is 0. The van der Waals surface area contributed by atoms with Crippen LogP contribution in [0.1, 0.15) is 13.8 Å². The molecule has 1 rings (SSSR count). The van der Waals surface area contributed by atoms with Crippen LogP contribution in [0.3, 0.4) is 0 Å². The van der Waals surface area contributed by atoms with Gasteiger partial charge in [-0.1, -0.05) is 17.7 Å². The monoisotopic (exact) mass is 182 g/mol. The van der Waals surface area contributed by atoms with E-state index in [1.807, 2.05) is 38.1 Å². The zero-order valence-electron chi connectivity index (χ0n) is 7.13. The van der Waals surface area contributed by atoms with Gasteiger partial charge in [-0.2, -0.15) is 5.10 Å². The molecule has 12 heavy (non-hydrogen) atoms. The minimum atomic E-state index is 0.712. The molecule has 0 aliphatic heterocycles. The van der Waals surface area contributed by atoms with Gasteiger partial charge in [0.15, 0.2) is 0 Å². The van der Waals surface area contributed by atoms with Gasteiger partial charge >= 0.3 is 0 Å². The van der Waals surface area contributed by atoms with Crippen LogP contribution in [0.25, 0.3) is 0 Å². The summed E-state index contributed by atoms with van der Waals surface area (Å²) in [5.41, 5.74) is 4.78. The number of hydrogen-bond acceptors (Lipinski definition) is 2. The van der Waals surface area contributed by atoms with E-state index in [1.54, 1.807) is 0 Å². The molecule has 64 valence electrons. The molecule has 3 heteroatoms. The lowest BCUT2D eigenvalue weighted by molar-refractivity contribution is 1.32. The molecule has 0 heterocycles. The first-order valence-electron chi connectivity index (χ1n) is 3.71. The SMILES string of the molecule is CC(C)=NNc1cccc(Cl)c1. The van der Waals surface area contributed by atoms with Crippen molar-refractivity contribution in [3.63, 3.8) is 0 Å². The van der Waals surface area contributed by atoms with E-state index in [4.69, 9.17) is 11.6 Å². The molecule has 0 fully saturated rings. The minimum Gasteiger partial charge on any atom is -0.279 e. The van der Waals surface area contributed by atoms with Crippen LogP contribution >= 0.6 is 11.6 Å². The van der Waals surface area contributed by atoms with Crippen molar-refractivity contribution in [2.24, 2.45) is 5.10 Å². The summed E-state index contributed by atoms with van der Waals surface area (Å²) in [6.07, 6.45) is 0. The zero-order chi connectivity index (χ0) is 8.97. The molecule has 0 bridgehead atoms. The Bertz CT molecular complexity index is 290. The quantitative estimate of drug-likeness (QED) is 0.552. The number of nitrogens with one attached hydrogen (secondary N) is 1. The fourth-order valence-corrected chi connectivity index (χ4v) is 0.925. The second-order valence-electron chi connectivity index (χ2n) is 2.68. The largest absolute Gasteiger partial charge is 0.279 e. The molecule has 0 saturated carbocycles. The first-order chi connectivity index (χ1) is 5.68. The Morgan fingerprint density at radius 3 is 2.75 bits per heavy atom. The Labute approximate surface area is 77.2 Å². The Morgan fingerprint density at radius 2 is 2.17 bits per heavy atom. The van der Waals surface area contributed by atoms with Crippen molar-refractivity contribution >= 4 is 23.0 Å². The second kappa shape index (κ2) is 4.12. The lowest BCUT2D eigenvalue weighted by Gasteiger charge is -2.00. The Hall–Kier alpha value is -1.02. The molecule has 1 aromatic carbocycles. The highest BCUT2D eigenvalue weighted by atomic mass is 35.5. The van der Waals surface area contributed by atoms with Gasteiger partial charge in [0.05, 0.1) is 5.69 Å². The smallest absolute Gasteiger partial charge is 0.0576 e. The normalized spacial score (nSPS) is 9.25. The topological polar surface area (TPSA) is 24.4 Å². The third-order valence-electron chi connectivity index (χ3n) is 1.23. The average molecular weight is 183 g/mol. The van der Waals surface area contributed by atoms with Crippen molar-refractivity contribution < 1.29 is 0 Å². The summed E-state index contributed by atoms with van der Waals surface area (Å²) in [7, 11) is 0. The van der Waals surface area contributed by atoms with Crippen molar-refractivity contribution in [1.82, 2.24) is 0 Å². The highest BCUT2D eigenvalue weighted by molar-refractivity contribution is 6.30. The molecule has 0 saturated heterocycles. The van der Waals surface area contributed by atoms with E-state index in [-0.39, 0.29) is 0 Å². The van der Waals surface area contributed by atoms with Gasteiger partial charge in [0.2, 0.25) is 0 Å². The third-order valence-corrected chi connectivity index (χ3v) is 1.47. The van der Waals surface area contributed by atoms with Gasteiger partial charge in [0.25, 0.3) is 0 Å². The summed E-state index contributed by atoms with van der Waals surface area (Å²) in [5.74, 6) is 0. The zero-order valence-corrected chi connectivity index (χ0v) is 7.89. The molecular weight excluding hydrogens is 172 g/mol. The maximum Gasteiger partial charge on any atom is 0.0576 e. The predicted octanol–water partition coefficient (Wildman–Crippen LogP) is 3.15. The van der Waals surface area contributed by atoms with Crippen LogP contribution in [0.15, 0.2) is 29.4 Å². The van der Waals surface area contributed by atoms with Gasteiger partial charge in [0.1, 0.15) is 0 Å². The van der Waals surface area contributed by atoms with Crippen LogP contribution in [-0.2, 0) is 0 Å². The van der Waals surface area contributed by atoms with E-state index in [0.717, 1.165) is 11.4 Å². The lowest BCUT2D eigenvalue weighted by atomic mass is 10.3. The standard InChI is InChI=1S/C9H11ClN2/c1-7(2)11-12-9-5-3-4-8(10)6-9/h3-6,12H,1-2H3. The van der Waals surface area contributed by atoms with E-state index in [1.165, 1.54) is 0 Å². The van der Waals surface area contributed by atoms with Gasteiger partial charge in [-0.25, -0.2) is 0 Å². The summed E-state index contributed by atoms with van der Waals surface area (Å²) in [6.45, 7) is 3.86.